The third-order valence-corrected chi connectivity index (χ3v) is 8.02. The molecular formula is C25H42N4O14. The molecule has 2 amide bonds. The van der Waals surface area contributed by atoms with Crippen LogP contribution in [-0.2, 0) is 33.3 Å². The monoisotopic (exact) mass is 622 g/mol. The van der Waals surface area contributed by atoms with Crippen LogP contribution in [0.15, 0.2) is 4.99 Å². The lowest BCUT2D eigenvalue weighted by molar-refractivity contribution is -0.338. The summed E-state index contributed by atoms with van der Waals surface area (Å²) in [7, 11) is 3.41. The van der Waals surface area contributed by atoms with Gasteiger partial charge in [-0.05, 0) is 0 Å². The lowest BCUT2D eigenvalue weighted by atomic mass is 9.94. The van der Waals surface area contributed by atoms with Gasteiger partial charge in [0, 0.05) is 27.9 Å². The van der Waals surface area contributed by atoms with Gasteiger partial charge in [0.25, 0.3) is 6.02 Å². The van der Waals surface area contributed by atoms with Gasteiger partial charge in [-0.25, -0.2) is 4.99 Å². The van der Waals surface area contributed by atoms with Gasteiger partial charge in [-0.3, -0.25) is 9.59 Å². The average Bonchev–Trinajstić information content (AvgIpc) is 3.48. The summed E-state index contributed by atoms with van der Waals surface area (Å²) in [4.78, 5) is 30.1. The number of aliphatic imine (C=N–C) groups is 1. The predicted octanol–water partition coefficient (Wildman–Crippen LogP) is -6.05. The first-order valence-electron chi connectivity index (χ1n) is 14.0. The Morgan fingerprint density at radius 2 is 1.33 bits per heavy atom. The van der Waals surface area contributed by atoms with Crippen LogP contribution in [0.4, 0.5) is 0 Å². The van der Waals surface area contributed by atoms with Gasteiger partial charge in [-0.1, -0.05) is 0 Å². The Labute approximate surface area is 247 Å². The molecule has 246 valence electrons. The molecule has 0 aromatic rings. The second-order valence-corrected chi connectivity index (χ2v) is 11.3. The molecule has 4 aliphatic rings. The topological polar surface area (TPSA) is 262 Å². The van der Waals surface area contributed by atoms with E-state index >= 15 is 0 Å². The maximum absolute atomic E-state index is 12.2. The minimum atomic E-state index is -1.67. The molecule has 9 N–H and O–H groups in total. The second kappa shape index (κ2) is 13.8. The molecule has 15 atom stereocenters. The Morgan fingerprint density at radius 1 is 0.791 bits per heavy atom. The van der Waals surface area contributed by atoms with Gasteiger partial charge >= 0.3 is 0 Å². The molecule has 3 fully saturated rings. The van der Waals surface area contributed by atoms with E-state index in [-0.39, 0.29) is 6.02 Å². The van der Waals surface area contributed by atoms with E-state index in [0.717, 1.165) is 6.92 Å². The van der Waals surface area contributed by atoms with Gasteiger partial charge in [0.15, 0.2) is 12.6 Å². The summed E-state index contributed by atoms with van der Waals surface area (Å²) in [6.45, 7) is 0.431. The van der Waals surface area contributed by atoms with E-state index < -0.39 is 123 Å². The molecule has 0 unspecified atom stereocenters. The number of amides is 2. The molecule has 0 aromatic carbocycles. The largest absolute Gasteiger partial charge is 0.459 e. The normalized spacial score (nSPS) is 44.3. The smallest absolute Gasteiger partial charge is 0.287 e. The van der Waals surface area contributed by atoms with Crippen LogP contribution in [0, 0.1) is 5.92 Å². The van der Waals surface area contributed by atoms with Crippen molar-refractivity contribution in [3.63, 3.8) is 0 Å². The molecule has 0 bridgehead atoms. The molecule has 1 saturated carbocycles. The highest BCUT2D eigenvalue weighted by atomic mass is 16.7. The summed E-state index contributed by atoms with van der Waals surface area (Å²) >= 11 is 0. The zero-order chi connectivity index (χ0) is 31.7. The first-order valence-corrected chi connectivity index (χ1v) is 14.0. The van der Waals surface area contributed by atoms with Crippen LogP contribution < -0.4 is 10.6 Å². The van der Waals surface area contributed by atoms with Crippen LogP contribution in [-0.4, -0.2) is 178 Å². The van der Waals surface area contributed by atoms with Crippen molar-refractivity contribution in [2.75, 3.05) is 33.9 Å². The van der Waals surface area contributed by atoms with Crippen LogP contribution in [0.5, 0.6) is 0 Å². The summed E-state index contributed by atoms with van der Waals surface area (Å²) in [5, 5.41) is 78.1. The fraction of sp³-hybridized carbons (Fsp3) is 0.880. The van der Waals surface area contributed by atoms with Crippen LogP contribution in [0.25, 0.3) is 0 Å². The van der Waals surface area contributed by atoms with Gasteiger partial charge in [0.1, 0.15) is 67.0 Å². The number of amidine groups is 1. The number of rotatable bonds is 9. The standard InChI is InChI=1S/C25H42N4O14/c1-8(33)26-13-18(37)17(36)11(6-31)39-23(13)41-21-12(7-32)40-24(14(19(21)38)27-9(2)34)42-22-15-20(10(5-30)16(22)35)43-25(28-15)29(3)4/h10-24,30-32,35-38H,5-7H2,1-4H3,(H,26,33)(H,27,34)/t10-,11+,12+,13+,14+,15+,16-,17+,18-,19-,20+,21+,22-,23-,24-/m0/s1. The zero-order valence-electron chi connectivity index (χ0n) is 24.2. The number of hydrogen-bond acceptors (Lipinski definition) is 16. The number of hydrogen-bond donors (Lipinski definition) is 9. The van der Waals surface area contributed by atoms with Crippen molar-refractivity contribution in [2.45, 2.75) is 99.5 Å². The fourth-order valence-electron chi connectivity index (χ4n) is 5.89. The molecule has 0 aromatic heterocycles. The third kappa shape index (κ3) is 6.74. The Hall–Kier alpha value is -2.23. The maximum atomic E-state index is 12.2. The number of carbonyl (C=O) groups excluding carboxylic acids is 2. The van der Waals surface area contributed by atoms with E-state index in [1.165, 1.54) is 6.92 Å². The van der Waals surface area contributed by atoms with Crippen molar-refractivity contribution in [1.82, 2.24) is 15.5 Å². The lowest BCUT2D eigenvalue weighted by Crippen LogP contribution is -2.69. The van der Waals surface area contributed by atoms with Gasteiger partial charge < -0.3 is 75.0 Å². The van der Waals surface area contributed by atoms with E-state index in [2.05, 4.69) is 15.6 Å². The summed E-state index contributed by atoms with van der Waals surface area (Å²) in [5.74, 6) is -1.98. The highest BCUT2D eigenvalue weighted by molar-refractivity contribution is 5.76. The van der Waals surface area contributed by atoms with Crippen LogP contribution in [0.3, 0.4) is 0 Å². The number of carbonyl (C=O) groups is 2. The number of aliphatic hydroxyl groups is 7. The van der Waals surface area contributed by atoms with E-state index in [0.29, 0.717) is 0 Å². The molecule has 1 aliphatic carbocycles. The highest BCUT2D eigenvalue weighted by Crippen LogP contribution is 2.39. The number of fused-ring (bicyclic) bond motifs is 1. The van der Waals surface area contributed by atoms with Crippen molar-refractivity contribution in [3.05, 3.63) is 0 Å². The molecule has 0 spiro atoms. The van der Waals surface area contributed by atoms with Crippen LogP contribution >= 0.6 is 0 Å². The molecular weight excluding hydrogens is 580 g/mol. The van der Waals surface area contributed by atoms with Crippen molar-refractivity contribution in [2.24, 2.45) is 10.9 Å². The maximum Gasteiger partial charge on any atom is 0.287 e. The Balaban J connectivity index is 1.59. The van der Waals surface area contributed by atoms with E-state index in [4.69, 9.17) is 23.7 Å². The number of ether oxygens (including phenoxy) is 5. The highest BCUT2D eigenvalue weighted by Gasteiger charge is 2.58. The summed E-state index contributed by atoms with van der Waals surface area (Å²) in [5.41, 5.74) is 0. The average molecular weight is 623 g/mol. The van der Waals surface area contributed by atoms with Crippen molar-refractivity contribution in [1.29, 1.82) is 0 Å². The molecule has 4 rings (SSSR count). The minimum Gasteiger partial charge on any atom is -0.459 e. The molecule has 18 heteroatoms. The first-order chi connectivity index (χ1) is 20.3. The summed E-state index contributed by atoms with van der Waals surface area (Å²) in [6.07, 6.45) is -15.2. The molecule has 2 saturated heterocycles. The molecule has 3 aliphatic heterocycles. The first kappa shape index (κ1) is 33.7. The number of nitrogens with one attached hydrogen (secondary N) is 2. The van der Waals surface area contributed by atoms with Crippen LogP contribution in [0.1, 0.15) is 13.8 Å². The Bertz CT molecular complexity index is 1020. The Kier molecular flexibility index (Phi) is 10.8. The summed E-state index contributed by atoms with van der Waals surface area (Å²) in [6, 6.07) is -3.23. The zero-order valence-corrected chi connectivity index (χ0v) is 24.2. The van der Waals surface area contributed by atoms with Gasteiger partial charge in [0.05, 0.1) is 31.8 Å². The van der Waals surface area contributed by atoms with Crippen molar-refractivity contribution in [3.8, 4) is 0 Å². The van der Waals surface area contributed by atoms with Crippen molar-refractivity contribution >= 4 is 17.8 Å². The summed E-state index contributed by atoms with van der Waals surface area (Å²) < 4.78 is 29.4. The predicted molar refractivity (Wildman–Crippen MR) is 141 cm³/mol. The molecule has 18 nitrogen and oxygen atoms in total. The van der Waals surface area contributed by atoms with Gasteiger partial charge in [0.2, 0.25) is 11.8 Å². The van der Waals surface area contributed by atoms with Crippen LogP contribution in [0.2, 0.25) is 0 Å². The third-order valence-electron chi connectivity index (χ3n) is 8.02. The Morgan fingerprint density at radius 3 is 1.84 bits per heavy atom. The molecule has 43 heavy (non-hydrogen) atoms. The SMILES string of the molecule is CC(=O)N[C@H]1[C@H](O[C@H]2[C@@H](O)[C@@H](NC(C)=O)[C@H](O[C@@H]3[C@@H](O)[C@H](CO)[C@H]4OC(N(C)C)=N[C@@H]34)O[C@@H]2CO)O[C@H](CO)[C@@H](O)[C@H]1O. The second-order valence-electron chi connectivity index (χ2n) is 11.3. The quantitative estimate of drug-likeness (QED) is 0.116. The van der Waals surface area contributed by atoms with Gasteiger partial charge in [-0.2, -0.15) is 0 Å². The lowest BCUT2D eigenvalue weighted by Gasteiger charge is -2.48. The number of aliphatic hydroxyl groups excluding tert-OH is 7. The number of nitrogens with zero attached hydrogens (tertiary/aromatic N) is 2. The van der Waals surface area contributed by atoms with E-state index in [9.17, 15) is 45.3 Å². The minimum absolute atomic E-state index is 0.258. The van der Waals surface area contributed by atoms with Crippen molar-refractivity contribution < 1.29 is 69.0 Å². The van der Waals surface area contributed by atoms with E-state index in [1.807, 2.05) is 0 Å². The fourth-order valence-corrected chi connectivity index (χ4v) is 5.89. The van der Waals surface area contributed by atoms with E-state index in [1.54, 1.807) is 19.0 Å². The molecule has 0 radical (unpaired) electrons. The molecule has 3 heterocycles. The van der Waals surface area contributed by atoms with Gasteiger partial charge in [-0.15, -0.1) is 0 Å².